The van der Waals surface area contributed by atoms with Crippen molar-refractivity contribution < 1.29 is 4.79 Å². The fourth-order valence-corrected chi connectivity index (χ4v) is 3.14. The molecule has 1 N–H and O–H groups in total. The van der Waals surface area contributed by atoms with Gasteiger partial charge in [-0.3, -0.25) is 4.79 Å². The van der Waals surface area contributed by atoms with Crippen LogP contribution in [0.15, 0.2) is 24.3 Å². The van der Waals surface area contributed by atoms with Crippen LogP contribution >= 0.6 is 0 Å². The van der Waals surface area contributed by atoms with Crippen molar-refractivity contribution in [2.75, 3.05) is 0 Å². The van der Waals surface area contributed by atoms with Gasteiger partial charge in [-0.05, 0) is 43.2 Å². The van der Waals surface area contributed by atoms with Gasteiger partial charge in [0.1, 0.15) is 0 Å². The quantitative estimate of drug-likeness (QED) is 0.852. The van der Waals surface area contributed by atoms with Crippen LogP contribution in [0.2, 0.25) is 0 Å². The molecule has 0 saturated heterocycles. The molecule has 0 aliphatic heterocycles. The molecule has 2 heteroatoms. The molecule has 1 amide bonds. The highest BCUT2D eigenvalue weighted by Gasteiger charge is 2.20. The molecule has 1 aromatic rings. The first kappa shape index (κ1) is 16.1. The van der Waals surface area contributed by atoms with Crippen molar-refractivity contribution in [3.05, 3.63) is 35.4 Å². The Hall–Kier alpha value is -1.31. The van der Waals surface area contributed by atoms with E-state index >= 15 is 0 Å². The first-order chi connectivity index (χ1) is 10.1. The van der Waals surface area contributed by atoms with E-state index in [0.29, 0.717) is 12.0 Å². The summed E-state index contributed by atoms with van der Waals surface area (Å²) in [5.74, 6) is 0.793. The van der Waals surface area contributed by atoms with E-state index in [2.05, 4.69) is 43.4 Å². The smallest absolute Gasteiger partial charge is 0.227 e. The van der Waals surface area contributed by atoms with Crippen molar-refractivity contribution in [2.45, 2.75) is 71.3 Å². The molecule has 21 heavy (non-hydrogen) atoms. The summed E-state index contributed by atoms with van der Waals surface area (Å²) in [5, 5.41) is 3.22. The number of hydrogen-bond acceptors (Lipinski definition) is 1. The third kappa shape index (κ3) is 4.87. The second kappa shape index (κ2) is 7.63. The van der Waals surface area contributed by atoms with Crippen LogP contribution < -0.4 is 5.32 Å². The van der Waals surface area contributed by atoms with E-state index in [1.54, 1.807) is 0 Å². The van der Waals surface area contributed by atoms with E-state index in [-0.39, 0.29) is 11.8 Å². The lowest BCUT2D eigenvalue weighted by Crippen LogP contribution is -2.38. The second-order valence-corrected chi connectivity index (χ2v) is 6.90. The van der Waals surface area contributed by atoms with Gasteiger partial charge >= 0.3 is 0 Å². The zero-order valence-electron chi connectivity index (χ0n) is 13.7. The Morgan fingerprint density at radius 3 is 2.29 bits per heavy atom. The van der Waals surface area contributed by atoms with E-state index in [4.69, 9.17) is 0 Å². The summed E-state index contributed by atoms with van der Waals surface area (Å²) in [7, 11) is 0. The van der Waals surface area contributed by atoms with Crippen LogP contribution in [0.4, 0.5) is 0 Å². The molecule has 1 saturated carbocycles. The maximum atomic E-state index is 12.4. The van der Waals surface area contributed by atoms with Gasteiger partial charge in [0.15, 0.2) is 0 Å². The van der Waals surface area contributed by atoms with Crippen LogP contribution in [0.1, 0.15) is 69.9 Å². The largest absolute Gasteiger partial charge is 0.353 e. The SMILES string of the molecule is CC(C)Cc1ccc(C(C)C(=O)NC2CCCCC2)cc1. The molecule has 1 aliphatic rings. The van der Waals surface area contributed by atoms with Crippen LogP contribution in [0.25, 0.3) is 0 Å². The lowest BCUT2D eigenvalue weighted by Gasteiger charge is -2.24. The number of benzene rings is 1. The lowest BCUT2D eigenvalue weighted by atomic mass is 9.93. The van der Waals surface area contributed by atoms with Crippen molar-refractivity contribution in [1.29, 1.82) is 0 Å². The third-order valence-electron chi connectivity index (χ3n) is 4.47. The summed E-state index contributed by atoms with van der Waals surface area (Å²) in [6.07, 6.45) is 7.21. The van der Waals surface area contributed by atoms with Crippen LogP contribution in [0.5, 0.6) is 0 Å². The fraction of sp³-hybridized carbons (Fsp3) is 0.632. The molecule has 1 fully saturated rings. The molecule has 0 bridgehead atoms. The molecule has 1 aromatic carbocycles. The van der Waals surface area contributed by atoms with E-state index in [1.807, 2.05) is 6.92 Å². The monoisotopic (exact) mass is 287 g/mol. The van der Waals surface area contributed by atoms with Gasteiger partial charge < -0.3 is 5.32 Å². The van der Waals surface area contributed by atoms with Gasteiger partial charge in [-0.15, -0.1) is 0 Å². The second-order valence-electron chi connectivity index (χ2n) is 6.90. The topological polar surface area (TPSA) is 29.1 Å². The van der Waals surface area contributed by atoms with Crippen molar-refractivity contribution in [3.63, 3.8) is 0 Å². The van der Waals surface area contributed by atoms with Gasteiger partial charge in [0.05, 0.1) is 5.92 Å². The van der Waals surface area contributed by atoms with Crippen molar-refractivity contribution >= 4 is 5.91 Å². The summed E-state index contributed by atoms with van der Waals surface area (Å²) in [4.78, 5) is 12.4. The van der Waals surface area contributed by atoms with Gasteiger partial charge in [-0.1, -0.05) is 57.4 Å². The molecule has 0 heterocycles. The van der Waals surface area contributed by atoms with Crippen LogP contribution in [-0.4, -0.2) is 11.9 Å². The van der Waals surface area contributed by atoms with Gasteiger partial charge in [0.25, 0.3) is 0 Å². The predicted molar refractivity (Wildman–Crippen MR) is 88.4 cm³/mol. The lowest BCUT2D eigenvalue weighted by molar-refractivity contribution is -0.123. The Morgan fingerprint density at radius 1 is 1.10 bits per heavy atom. The van der Waals surface area contributed by atoms with Crippen molar-refractivity contribution in [2.24, 2.45) is 5.92 Å². The highest BCUT2D eigenvalue weighted by Crippen LogP contribution is 2.21. The normalized spacial score (nSPS) is 17.7. The van der Waals surface area contributed by atoms with Crippen LogP contribution in [0, 0.1) is 5.92 Å². The Morgan fingerprint density at radius 2 is 1.71 bits per heavy atom. The molecule has 0 aromatic heterocycles. The predicted octanol–water partition coefficient (Wildman–Crippen LogP) is 4.44. The average molecular weight is 287 g/mol. The highest BCUT2D eigenvalue weighted by atomic mass is 16.1. The highest BCUT2D eigenvalue weighted by molar-refractivity contribution is 5.83. The van der Waals surface area contributed by atoms with Gasteiger partial charge in [0.2, 0.25) is 5.91 Å². The van der Waals surface area contributed by atoms with Crippen molar-refractivity contribution in [3.8, 4) is 0 Å². The summed E-state index contributed by atoms with van der Waals surface area (Å²) >= 11 is 0. The molecule has 0 radical (unpaired) electrons. The maximum absolute atomic E-state index is 12.4. The number of nitrogens with one attached hydrogen (secondary N) is 1. The summed E-state index contributed by atoms with van der Waals surface area (Å²) < 4.78 is 0. The minimum atomic E-state index is -0.0555. The molecule has 0 spiro atoms. The first-order valence-electron chi connectivity index (χ1n) is 8.45. The van der Waals surface area contributed by atoms with Gasteiger partial charge in [0, 0.05) is 6.04 Å². The summed E-state index contributed by atoms with van der Waals surface area (Å²) in [6, 6.07) is 8.96. The molecule has 1 unspecified atom stereocenters. The number of amides is 1. The Kier molecular flexibility index (Phi) is 5.84. The van der Waals surface area contributed by atoms with E-state index in [0.717, 1.165) is 24.8 Å². The fourth-order valence-electron chi connectivity index (χ4n) is 3.14. The van der Waals surface area contributed by atoms with Crippen LogP contribution in [0.3, 0.4) is 0 Å². The van der Waals surface area contributed by atoms with E-state index < -0.39 is 0 Å². The Labute approximate surface area is 129 Å². The molecule has 1 aliphatic carbocycles. The standard InChI is InChI=1S/C19H29NO/c1-14(2)13-16-9-11-17(12-10-16)15(3)19(21)20-18-7-5-4-6-8-18/h9-12,14-15,18H,4-8,13H2,1-3H3,(H,20,21). The zero-order valence-corrected chi connectivity index (χ0v) is 13.7. The minimum Gasteiger partial charge on any atom is -0.353 e. The molecule has 116 valence electrons. The molecule has 2 nitrogen and oxygen atoms in total. The number of rotatable bonds is 5. The Bertz CT molecular complexity index is 443. The molecular formula is C19H29NO. The first-order valence-corrected chi connectivity index (χ1v) is 8.45. The van der Waals surface area contributed by atoms with Crippen molar-refractivity contribution in [1.82, 2.24) is 5.32 Å². The van der Waals surface area contributed by atoms with E-state index in [9.17, 15) is 4.79 Å². The van der Waals surface area contributed by atoms with Gasteiger partial charge in [-0.2, -0.15) is 0 Å². The molecular weight excluding hydrogens is 258 g/mol. The molecule has 2 rings (SSSR count). The minimum absolute atomic E-state index is 0.0555. The third-order valence-corrected chi connectivity index (χ3v) is 4.47. The van der Waals surface area contributed by atoms with E-state index in [1.165, 1.54) is 24.8 Å². The maximum Gasteiger partial charge on any atom is 0.227 e. The van der Waals surface area contributed by atoms with Gasteiger partial charge in [-0.25, -0.2) is 0 Å². The molecule has 1 atom stereocenters. The number of hydrogen-bond donors (Lipinski definition) is 1. The van der Waals surface area contributed by atoms with Crippen LogP contribution in [-0.2, 0) is 11.2 Å². The number of carbonyl (C=O) groups excluding carboxylic acids is 1. The number of carbonyl (C=O) groups is 1. The summed E-state index contributed by atoms with van der Waals surface area (Å²) in [6.45, 7) is 6.47. The average Bonchev–Trinajstić information content (AvgIpc) is 2.47. The summed E-state index contributed by atoms with van der Waals surface area (Å²) in [5.41, 5.74) is 2.48. The Balaban J connectivity index is 1.91. The zero-order chi connectivity index (χ0) is 15.2.